The number of rotatable bonds is 6. The van der Waals surface area contributed by atoms with Crippen LogP contribution in [-0.2, 0) is 11.3 Å². The number of anilines is 1. The normalized spacial score (nSPS) is 10.9. The first-order valence-corrected chi connectivity index (χ1v) is 7.03. The molecular weight excluding hydrogens is 269 g/mol. The summed E-state index contributed by atoms with van der Waals surface area (Å²) in [6.45, 7) is 7.54. The van der Waals surface area contributed by atoms with Gasteiger partial charge in [-0.25, -0.2) is 9.37 Å². The van der Waals surface area contributed by atoms with Gasteiger partial charge in [-0.3, -0.25) is 0 Å². The maximum Gasteiger partial charge on any atom is 0.203 e. The topological polar surface area (TPSA) is 39.1 Å². The second-order valence-corrected chi connectivity index (χ2v) is 5.30. The fourth-order valence-electron chi connectivity index (χ4n) is 2.40. The highest BCUT2D eigenvalue weighted by atomic mass is 19.1. The van der Waals surface area contributed by atoms with Crippen molar-refractivity contribution < 1.29 is 9.13 Å². The fraction of sp³-hybridized carbons (Fsp3) is 0.438. The van der Waals surface area contributed by atoms with Gasteiger partial charge in [-0.05, 0) is 37.5 Å². The molecule has 0 radical (unpaired) electrons. The van der Waals surface area contributed by atoms with E-state index >= 15 is 0 Å². The molecule has 0 aliphatic rings. The number of imidazole rings is 1. The van der Waals surface area contributed by atoms with E-state index in [1.807, 2.05) is 29.8 Å². The van der Waals surface area contributed by atoms with Crippen LogP contribution >= 0.6 is 0 Å². The molecule has 0 spiro atoms. The fourth-order valence-corrected chi connectivity index (χ4v) is 2.40. The summed E-state index contributed by atoms with van der Waals surface area (Å²) in [4.78, 5) is 4.46. The lowest BCUT2D eigenvalue weighted by Crippen LogP contribution is -2.13. The van der Waals surface area contributed by atoms with E-state index in [0.717, 1.165) is 17.2 Å². The predicted molar refractivity (Wildman–Crippen MR) is 82.3 cm³/mol. The molecule has 1 aromatic heterocycles. The van der Waals surface area contributed by atoms with Gasteiger partial charge in [0.25, 0.3) is 0 Å². The van der Waals surface area contributed by atoms with Gasteiger partial charge in [0.1, 0.15) is 5.82 Å². The molecule has 0 atom stereocenters. The van der Waals surface area contributed by atoms with E-state index in [2.05, 4.69) is 10.3 Å². The molecule has 21 heavy (non-hydrogen) atoms. The number of hydrogen-bond donors (Lipinski definition) is 1. The maximum absolute atomic E-state index is 13.7. The maximum atomic E-state index is 13.7. The third-order valence-electron chi connectivity index (χ3n) is 3.34. The van der Waals surface area contributed by atoms with E-state index in [-0.39, 0.29) is 5.82 Å². The molecule has 114 valence electrons. The second-order valence-electron chi connectivity index (χ2n) is 5.30. The van der Waals surface area contributed by atoms with E-state index in [0.29, 0.717) is 30.8 Å². The zero-order chi connectivity index (χ0) is 15.4. The van der Waals surface area contributed by atoms with Crippen molar-refractivity contribution in [1.29, 1.82) is 0 Å². The van der Waals surface area contributed by atoms with Crippen LogP contribution < -0.4 is 5.32 Å². The number of ether oxygens (including phenoxy) is 1. The monoisotopic (exact) mass is 291 g/mol. The van der Waals surface area contributed by atoms with Gasteiger partial charge in [-0.2, -0.15) is 0 Å². The van der Waals surface area contributed by atoms with Crippen LogP contribution in [0, 0.1) is 26.6 Å². The van der Waals surface area contributed by atoms with Crippen LogP contribution in [0.25, 0.3) is 0 Å². The van der Waals surface area contributed by atoms with Crippen LogP contribution in [0.2, 0.25) is 0 Å². The van der Waals surface area contributed by atoms with Crippen molar-refractivity contribution in [3.05, 3.63) is 46.5 Å². The lowest BCUT2D eigenvalue weighted by Gasteiger charge is -2.11. The number of nitrogens with one attached hydrogen (secondary N) is 1. The van der Waals surface area contributed by atoms with E-state index < -0.39 is 0 Å². The van der Waals surface area contributed by atoms with Gasteiger partial charge in [0.15, 0.2) is 0 Å². The average Bonchev–Trinajstić information content (AvgIpc) is 2.76. The van der Waals surface area contributed by atoms with Gasteiger partial charge in [0.2, 0.25) is 5.95 Å². The lowest BCUT2D eigenvalue weighted by atomic mass is 10.1. The van der Waals surface area contributed by atoms with E-state index in [1.54, 1.807) is 21.0 Å². The highest BCUT2D eigenvalue weighted by molar-refractivity contribution is 5.34. The molecule has 0 fully saturated rings. The smallest absolute Gasteiger partial charge is 0.203 e. The second kappa shape index (κ2) is 6.72. The minimum absolute atomic E-state index is 0.126. The number of aromatic nitrogens is 2. The molecule has 0 bridgehead atoms. The Kier molecular flexibility index (Phi) is 4.96. The van der Waals surface area contributed by atoms with Crippen LogP contribution in [0.1, 0.15) is 22.4 Å². The Labute approximate surface area is 125 Å². The van der Waals surface area contributed by atoms with Crippen molar-refractivity contribution in [2.45, 2.75) is 27.3 Å². The highest BCUT2D eigenvalue weighted by Gasteiger charge is 2.08. The molecule has 0 aliphatic carbocycles. The van der Waals surface area contributed by atoms with Crippen LogP contribution in [0.5, 0.6) is 0 Å². The highest BCUT2D eigenvalue weighted by Crippen LogP contribution is 2.17. The molecule has 2 rings (SSSR count). The van der Waals surface area contributed by atoms with Gasteiger partial charge in [-0.1, -0.05) is 12.1 Å². The molecule has 1 N–H and O–H groups in total. The summed E-state index contributed by atoms with van der Waals surface area (Å²) in [5.74, 6) is 0.684. The van der Waals surface area contributed by atoms with Gasteiger partial charge < -0.3 is 14.6 Å². The molecule has 1 heterocycles. The Morgan fingerprint density at radius 3 is 2.52 bits per heavy atom. The summed E-state index contributed by atoms with van der Waals surface area (Å²) in [7, 11) is 1.67. The number of nitrogens with zero attached hydrogens (tertiary/aromatic N) is 2. The zero-order valence-electron chi connectivity index (χ0n) is 13.0. The van der Waals surface area contributed by atoms with Crippen molar-refractivity contribution in [2.24, 2.45) is 0 Å². The standard InChI is InChI=1S/C16H22FN3O/c1-11-7-14(8-12(2)15(11)17)10-20-9-13(3)19-16(20)18-5-6-21-4/h7-9H,5-6,10H2,1-4H3,(H,18,19). The summed E-state index contributed by atoms with van der Waals surface area (Å²) in [5, 5.41) is 3.25. The Morgan fingerprint density at radius 2 is 1.90 bits per heavy atom. The molecule has 4 nitrogen and oxygen atoms in total. The Morgan fingerprint density at radius 1 is 1.24 bits per heavy atom. The van der Waals surface area contributed by atoms with E-state index in [4.69, 9.17) is 4.74 Å². The Hall–Kier alpha value is -1.88. The first-order valence-electron chi connectivity index (χ1n) is 7.03. The molecule has 1 aromatic carbocycles. The van der Waals surface area contributed by atoms with Crippen LogP contribution in [0.3, 0.4) is 0 Å². The first-order chi connectivity index (χ1) is 10.0. The zero-order valence-corrected chi connectivity index (χ0v) is 13.0. The lowest BCUT2D eigenvalue weighted by molar-refractivity contribution is 0.210. The van der Waals surface area contributed by atoms with Crippen molar-refractivity contribution >= 4 is 5.95 Å². The largest absolute Gasteiger partial charge is 0.383 e. The van der Waals surface area contributed by atoms with Gasteiger partial charge in [-0.15, -0.1) is 0 Å². The summed E-state index contributed by atoms with van der Waals surface area (Å²) in [6, 6.07) is 3.77. The molecule has 2 aromatic rings. The third-order valence-corrected chi connectivity index (χ3v) is 3.34. The summed E-state index contributed by atoms with van der Waals surface area (Å²) in [5.41, 5.74) is 3.37. The molecule has 0 saturated carbocycles. The average molecular weight is 291 g/mol. The van der Waals surface area contributed by atoms with Crippen LogP contribution in [0.15, 0.2) is 18.3 Å². The molecule has 0 saturated heterocycles. The SMILES string of the molecule is COCCNc1nc(C)cn1Cc1cc(C)c(F)c(C)c1. The van der Waals surface area contributed by atoms with E-state index in [9.17, 15) is 4.39 Å². The van der Waals surface area contributed by atoms with E-state index in [1.165, 1.54) is 0 Å². The van der Waals surface area contributed by atoms with Crippen molar-refractivity contribution in [3.8, 4) is 0 Å². The third kappa shape index (κ3) is 3.82. The van der Waals surface area contributed by atoms with Crippen LogP contribution in [0.4, 0.5) is 10.3 Å². The summed E-state index contributed by atoms with van der Waals surface area (Å²) < 4.78 is 20.8. The first kappa shape index (κ1) is 15.5. The number of benzene rings is 1. The number of halogens is 1. The quantitative estimate of drug-likeness (QED) is 0.831. The minimum Gasteiger partial charge on any atom is -0.383 e. The summed E-state index contributed by atoms with van der Waals surface area (Å²) >= 11 is 0. The number of methoxy groups -OCH3 is 1. The molecule has 0 amide bonds. The minimum atomic E-state index is -0.126. The summed E-state index contributed by atoms with van der Waals surface area (Å²) in [6.07, 6.45) is 1.99. The van der Waals surface area contributed by atoms with Gasteiger partial charge >= 0.3 is 0 Å². The van der Waals surface area contributed by atoms with Crippen molar-refractivity contribution in [1.82, 2.24) is 9.55 Å². The van der Waals surface area contributed by atoms with Gasteiger partial charge in [0.05, 0.1) is 18.8 Å². The molecule has 0 aliphatic heterocycles. The number of hydrogen-bond acceptors (Lipinski definition) is 3. The Bertz CT molecular complexity index is 599. The molecule has 5 heteroatoms. The van der Waals surface area contributed by atoms with Crippen molar-refractivity contribution in [3.63, 3.8) is 0 Å². The Balaban J connectivity index is 2.19. The molecule has 0 unspecified atom stereocenters. The van der Waals surface area contributed by atoms with Crippen molar-refractivity contribution in [2.75, 3.05) is 25.6 Å². The van der Waals surface area contributed by atoms with Gasteiger partial charge in [0, 0.05) is 19.9 Å². The van der Waals surface area contributed by atoms with Crippen LogP contribution in [-0.4, -0.2) is 29.8 Å². The predicted octanol–water partition coefficient (Wildman–Crippen LogP) is 3.05. The molecular formula is C16H22FN3O. The number of aryl methyl sites for hydroxylation is 3.